The molecule has 1 amide bonds. The van der Waals surface area contributed by atoms with Crippen molar-refractivity contribution >= 4 is 5.91 Å². The van der Waals surface area contributed by atoms with Crippen LogP contribution in [0.4, 0.5) is 0 Å². The normalized spacial score (nSPS) is 27.8. The third-order valence-corrected chi connectivity index (χ3v) is 4.57. The van der Waals surface area contributed by atoms with Crippen molar-refractivity contribution in [1.29, 1.82) is 0 Å². The topological polar surface area (TPSA) is 46.3 Å². The fourth-order valence-electron chi connectivity index (χ4n) is 3.33. The lowest BCUT2D eigenvalue weighted by molar-refractivity contribution is -0.133. The van der Waals surface area contributed by atoms with Crippen LogP contribution in [0, 0.1) is 11.3 Å². The van der Waals surface area contributed by atoms with Crippen molar-refractivity contribution in [2.24, 2.45) is 17.1 Å². The number of piperidine rings is 1. The average molecular weight is 238 g/mol. The molecule has 1 aliphatic carbocycles. The Balaban J connectivity index is 1.78. The quantitative estimate of drug-likeness (QED) is 0.797. The van der Waals surface area contributed by atoms with Crippen molar-refractivity contribution in [2.75, 3.05) is 13.1 Å². The van der Waals surface area contributed by atoms with Gasteiger partial charge in [0, 0.05) is 19.0 Å². The van der Waals surface area contributed by atoms with Crippen LogP contribution in [-0.4, -0.2) is 29.9 Å². The number of hydrogen-bond donors (Lipinski definition) is 1. The predicted molar refractivity (Wildman–Crippen MR) is 69.5 cm³/mol. The summed E-state index contributed by atoms with van der Waals surface area (Å²) in [7, 11) is 0. The van der Waals surface area contributed by atoms with Crippen molar-refractivity contribution in [1.82, 2.24) is 4.90 Å². The molecular weight excluding hydrogens is 212 g/mol. The second-order valence-electron chi connectivity index (χ2n) is 6.58. The number of carbonyl (C=O) groups excluding carboxylic acids is 1. The van der Waals surface area contributed by atoms with E-state index >= 15 is 0 Å². The number of likely N-dealkylation sites (tertiary alicyclic amines) is 1. The molecule has 2 rings (SSSR count). The Morgan fingerprint density at radius 1 is 1.35 bits per heavy atom. The SMILES string of the molecule is CC(C)(CCN)CCC(=O)N1CC2CCC1C2. The van der Waals surface area contributed by atoms with Crippen LogP contribution in [0.15, 0.2) is 0 Å². The van der Waals surface area contributed by atoms with E-state index in [1.54, 1.807) is 0 Å². The van der Waals surface area contributed by atoms with Crippen LogP contribution in [0.3, 0.4) is 0 Å². The fraction of sp³-hybridized carbons (Fsp3) is 0.929. The first-order chi connectivity index (χ1) is 8.02. The number of nitrogens with two attached hydrogens (primary N) is 1. The molecule has 2 N–H and O–H groups in total. The molecule has 98 valence electrons. The molecule has 2 aliphatic rings. The second kappa shape index (κ2) is 4.97. The van der Waals surface area contributed by atoms with Gasteiger partial charge in [0.25, 0.3) is 0 Å². The zero-order chi connectivity index (χ0) is 12.5. The largest absolute Gasteiger partial charge is 0.339 e. The second-order valence-corrected chi connectivity index (χ2v) is 6.58. The van der Waals surface area contributed by atoms with Gasteiger partial charge in [0.15, 0.2) is 0 Å². The summed E-state index contributed by atoms with van der Waals surface area (Å²) in [6.45, 7) is 6.17. The predicted octanol–water partition coefficient (Wildman–Crippen LogP) is 2.15. The monoisotopic (exact) mass is 238 g/mol. The Labute approximate surface area is 105 Å². The first-order valence-electron chi connectivity index (χ1n) is 7.01. The molecule has 1 aliphatic heterocycles. The third kappa shape index (κ3) is 3.01. The molecule has 0 radical (unpaired) electrons. The van der Waals surface area contributed by atoms with Gasteiger partial charge in [-0.1, -0.05) is 13.8 Å². The average Bonchev–Trinajstić information content (AvgIpc) is 2.87. The van der Waals surface area contributed by atoms with E-state index in [1.807, 2.05) is 0 Å². The molecule has 1 heterocycles. The number of fused-ring (bicyclic) bond motifs is 2. The summed E-state index contributed by atoms with van der Waals surface area (Å²) >= 11 is 0. The fourth-order valence-corrected chi connectivity index (χ4v) is 3.33. The van der Waals surface area contributed by atoms with E-state index in [-0.39, 0.29) is 5.41 Å². The van der Waals surface area contributed by atoms with E-state index in [1.165, 1.54) is 19.3 Å². The minimum absolute atomic E-state index is 0.211. The molecule has 3 nitrogen and oxygen atoms in total. The van der Waals surface area contributed by atoms with Gasteiger partial charge in [0.05, 0.1) is 0 Å². The van der Waals surface area contributed by atoms with E-state index in [9.17, 15) is 4.79 Å². The number of amides is 1. The summed E-state index contributed by atoms with van der Waals surface area (Å²) in [6, 6.07) is 0.574. The van der Waals surface area contributed by atoms with Gasteiger partial charge in [-0.2, -0.15) is 0 Å². The summed E-state index contributed by atoms with van der Waals surface area (Å²) in [5, 5.41) is 0. The molecular formula is C14H26N2O. The van der Waals surface area contributed by atoms with Crippen molar-refractivity contribution in [3.63, 3.8) is 0 Å². The van der Waals surface area contributed by atoms with Crippen LogP contribution in [0.2, 0.25) is 0 Å². The zero-order valence-electron chi connectivity index (χ0n) is 11.2. The first kappa shape index (κ1) is 12.9. The maximum Gasteiger partial charge on any atom is 0.222 e. The summed E-state index contributed by atoms with van der Waals surface area (Å²) < 4.78 is 0. The number of nitrogens with zero attached hydrogens (tertiary/aromatic N) is 1. The van der Waals surface area contributed by atoms with Crippen LogP contribution in [0.1, 0.15) is 52.4 Å². The van der Waals surface area contributed by atoms with Crippen molar-refractivity contribution < 1.29 is 4.79 Å². The zero-order valence-corrected chi connectivity index (χ0v) is 11.2. The van der Waals surface area contributed by atoms with E-state index in [0.717, 1.165) is 31.8 Å². The Morgan fingerprint density at radius 2 is 2.12 bits per heavy atom. The molecule has 1 saturated carbocycles. The van der Waals surface area contributed by atoms with Crippen molar-refractivity contribution in [3.8, 4) is 0 Å². The lowest BCUT2D eigenvalue weighted by Crippen LogP contribution is -2.38. The van der Waals surface area contributed by atoms with Gasteiger partial charge in [-0.25, -0.2) is 0 Å². The number of rotatable bonds is 5. The van der Waals surface area contributed by atoms with Crippen LogP contribution in [0.5, 0.6) is 0 Å². The minimum atomic E-state index is 0.211. The summed E-state index contributed by atoms with van der Waals surface area (Å²) in [5.74, 6) is 1.18. The summed E-state index contributed by atoms with van der Waals surface area (Å²) in [4.78, 5) is 14.3. The Bertz CT molecular complexity index is 288. The highest BCUT2D eigenvalue weighted by Gasteiger charge is 2.40. The van der Waals surface area contributed by atoms with Crippen LogP contribution in [-0.2, 0) is 4.79 Å². The molecule has 2 unspecified atom stereocenters. The van der Waals surface area contributed by atoms with E-state index in [2.05, 4.69) is 18.7 Å². The van der Waals surface area contributed by atoms with E-state index in [0.29, 0.717) is 18.4 Å². The maximum absolute atomic E-state index is 12.2. The summed E-state index contributed by atoms with van der Waals surface area (Å²) in [6.07, 6.45) is 6.52. The molecule has 2 bridgehead atoms. The highest BCUT2D eigenvalue weighted by atomic mass is 16.2. The molecule has 17 heavy (non-hydrogen) atoms. The maximum atomic E-state index is 12.2. The van der Waals surface area contributed by atoms with Crippen LogP contribution < -0.4 is 5.73 Å². The highest BCUT2D eigenvalue weighted by molar-refractivity contribution is 5.77. The van der Waals surface area contributed by atoms with Gasteiger partial charge in [0.2, 0.25) is 5.91 Å². The first-order valence-corrected chi connectivity index (χ1v) is 7.01. The minimum Gasteiger partial charge on any atom is -0.339 e. The lowest BCUT2D eigenvalue weighted by atomic mass is 9.84. The van der Waals surface area contributed by atoms with Crippen LogP contribution in [0.25, 0.3) is 0 Å². The molecule has 3 heteroatoms. The van der Waals surface area contributed by atoms with Crippen molar-refractivity contribution in [2.45, 2.75) is 58.4 Å². The summed E-state index contributed by atoms with van der Waals surface area (Å²) in [5.41, 5.74) is 5.81. The standard InChI is InChI=1S/C14H26N2O/c1-14(2,7-8-15)6-5-13(17)16-10-11-3-4-12(16)9-11/h11-12H,3-10,15H2,1-2H3. The molecule has 2 fully saturated rings. The Morgan fingerprint density at radius 3 is 2.65 bits per heavy atom. The Hall–Kier alpha value is -0.570. The van der Waals surface area contributed by atoms with Gasteiger partial charge in [0.1, 0.15) is 0 Å². The molecule has 2 atom stereocenters. The smallest absolute Gasteiger partial charge is 0.222 e. The molecule has 0 aromatic carbocycles. The van der Waals surface area contributed by atoms with Gasteiger partial charge in [-0.15, -0.1) is 0 Å². The van der Waals surface area contributed by atoms with Crippen LogP contribution >= 0.6 is 0 Å². The molecule has 0 spiro atoms. The van der Waals surface area contributed by atoms with Gasteiger partial charge < -0.3 is 10.6 Å². The highest BCUT2D eigenvalue weighted by Crippen LogP contribution is 2.38. The number of carbonyl (C=O) groups is 1. The van der Waals surface area contributed by atoms with Crippen molar-refractivity contribution in [3.05, 3.63) is 0 Å². The van der Waals surface area contributed by atoms with Gasteiger partial charge in [-0.3, -0.25) is 4.79 Å². The van der Waals surface area contributed by atoms with E-state index < -0.39 is 0 Å². The third-order valence-electron chi connectivity index (χ3n) is 4.57. The van der Waals surface area contributed by atoms with Gasteiger partial charge >= 0.3 is 0 Å². The molecule has 1 saturated heterocycles. The molecule has 0 aromatic heterocycles. The molecule has 0 aromatic rings. The van der Waals surface area contributed by atoms with Gasteiger partial charge in [-0.05, 0) is 50.0 Å². The number of hydrogen-bond acceptors (Lipinski definition) is 2. The lowest BCUT2D eigenvalue weighted by Gasteiger charge is -2.29. The Kier molecular flexibility index (Phi) is 3.76. The van der Waals surface area contributed by atoms with E-state index in [4.69, 9.17) is 5.73 Å².